The van der Waals surface area contributed by atoms with Gasteiger partial charge in [-0.05, 0) is 50.8 Å². The molecule has 1 saturated carbocycles. The minimum atomic E-state index is -0.637. The molecule has 1 fully saturated rings. The number of rotatable bonds is 6. The molecule has 2 aromatic carbocycles. The van der Waals surface area contributed by atoms with Gasteiger partial charge < -0.3 is 14.2 Å². The number of fused-ring (bicyclic) bond motifs is 2. The number of halogens is 1. The molecule has 3 aromatic heterocycles. The van der Waals surface area contributed by atoms with Crippen LogP contribution in [0.5, 0.6) is 11.6 Å². The minimum Gasteiger partial charge on any atom is -0.483 e. The smallest absolute Gasteiger partial charge is 0.412 e. The lowest BCUT2D eigenvalue weighted by atomic mass is 10.1. The van der Waals surface area contributed by atoms with Crippen LogP contribution in [0.3, 0.4) is 0 Å². The van der Waals surface area contributed by atoms with Gasteiger partial charge in [0.2, 0.25) is 5.88 Å². The molecule has 0 saturated heterocycles. The van der Waals surface area contributed by atoms with Gasteiger partial charge in [0.15, 0.2) is 11.6 Å². The van der Waals surface area contributed by atoms with E-state index in [4.69, 9.17) is 14.2 Å². The third-order valence-electron chi connectivity index (χ3n) is 6.61. The maximum absolute atomic E-state index is 15.2. The quantitative estimate of drug-likeness (QED) is 0.266. The minimum absolute atomic E-state index is 0.0918. The Balaban J connectivity index is 1.23. The molecule has 1 aliphatic carbocycles. The van der Waals surface area contributed by atoms with E-state index < -0.39 is 24.1 Å². The number of carbonyl (C=O) groups excluding carboxylic acids is 1. The summed E-state index contributed by atoms with van der Waals surface area (Å²) in [7, 11) is 1.55. The molecule has 5 aromatic rings. The second-order valence-electron chi connectivity index (χ2n) is 9.54. The van der Waals surface area contributed by atoms with E-state index in [-0.39, 0.29) is 5.75 Å². The van der Waals surface area contributed by atoms with Crippen LogP contribution in [0.15, 0.2) is 42.9 Å². The Bertz CT molecular complexity index is 1730. The molecule has 12 heteroatoms. The Kier molecular flexibility index (Phi) is 6.84. The van der Waals surface area contributed by atoms with Gasteiger partial charge in [0.25, 0.3) is 0 Å². The molecular weight excluding hydrogens is 535 g/mol. The number of benzene rings is 2. The number of nitrogens with one attached hydrogen (secondary N) is 1. The predicted molar refractivity (Wildman–Crippen MR) is 148 cm³/mol. The monoisotopic (exact) mass is 560 g/mol. The lowest BCUT2D eigenvalue weighted by molar-refractivity contribution is 0.0400. The van der Waals surface area contributed by atoms with Crippen LogP contribution in [0.25, 0.3) is 31.8 Å². The van der Waals surface area contributed by atoms with Crippen molar-refractivity contribution in [3.63, 3.8) is 0 Å². The van der Waals surface area contributed by atoms with Gasteiger partial charge in [0.05, 0.1) is 52.6 Å². The second kappa shape index (κ2) is 10.6. The highest BCUT2D eigenvalue weighted by atomic mass is 32.1. The molecule has 40 heavy (non-hydrogen) atoms. The van der Waals surface area contributed by atoms with E-state index in [1.54, 1.807) is 26.3 Å². The number of hydrogen-bond acceptors (Lipinski definition) is 10. The topological polar surface area (TPSA) is 121 Å². The Morgan fingerprint density at radius 3 is 2.60 bits per heavy atom. The summed E-state index contributed by atoms with van der Waals surface area (Å²) in [5, 5.41) is 3.31. The molecule has 1 amide bonds. The van der Waals surface area contributed by atoms with Crippen LogP contribution in [0.1, 0.15) is 30.7 Å². The van der Waals surface area contributed by atoms with Crippen molar-refractivity contribution < 1.29 is 23.4 Å². The third-order valence-corrected chi connectivity index (χ3v) is 7.66. The summed E-state index contributed by atoms with van der Waals surface area (Å²) in [5.41, 5.74) is 4.11. The van der Waals surface area contributed by atoms with Crippen LogP contribution in [-0.2, 0) is 4.74 Å². The fourth-order valence-corrected chi connectivity index (χ4v) is 5.70. The van der Waals surface area contributed by atoms with Gasteiger partial charge in [-0.25, -0.2) is 34.1 Å². The summed E-state index contributed by atoms with van der Waals surface area (Å²) < 4.78 is 32.8. The molecule has 3 heterocycles. The van der Waals surface area contributed by atoms with Gasteiger partial charge in [-0.1, -0.05) is 0 Å². The van der Waals surface area contributed by atoms with Crippen molar-refractivity contribution in [2.45, 2.75) is 45.3 Å². The zero-order valence-electron chi connectivity index (χ0n) is 22.0. The summed E-state index contributed by atoms with van der Waals surface area (Å²) in [4.78, 5) is 34.3. The number of amides is 1. The Morgan fingerprint density at radius 2 is 1.80 bits per heavy atom. The third kappa shape index (κ3) is 5.22. The second-order valence-corrected chi connectivity index (χ2v) is 10.6. The van der Waals surface area contributed by atoms with Crippen LogP contribution in [-0.4, -0.2) is 50.3 Å². The van der Waals surface area contributed by atoms with Crippen molar-refractivity contribution in [2.24, 2.45) is 0 Å². The molecule has 6 rings (SSSR count). The van der Waals surface area contributed by atoms with Gasteiger partial charge in [0, 0.05) is 17.7 Å². The number of thiazole rings is 1. The van der Waals surface area contributed by atoms with Gasteiger partial charge in [-0.2, -0.15) is 0 Å². The number of anilines is 1. The summed E-state index contributed by atoms with van der Waals surface area (Å²) in [6.45, 7) is 3.72. The molecule has 2 atom stereocenters. The van der Waals surface area contributed by atoms with Crippen molar-refractivity contribution in [3.05, 3.63) is 60.1 Å². The number of nitrogens with zero attached hydrogens (tertiary/aromatic N) is 5. The van der Waals surface area contributed by atoms with Crippen LogP contribution < -0.4 is 14.8 Å². The zero-order valence-corrected chi connectivity index (χ0v) is 22.8. The van der Waals surface area contributed by atoms with Crippen molar-refractivity contribution in [1.29, 1.82) is 0 Å². The number of hydrogen-bond donors (Lipinski definition) is 1. The fraction of sp³-hybridized carbons (Fsp3) is 0.286. The molecular formula is C28H25FN6O4S. The van der Waals surface area contributed by atoms with E-state index in [1.165, 1.54) is 29.8 Å². The summed E-state index contributed by atoms with van der Waals surface area (Å²) in [6.07, 6.45) is 4.97. The first kappa shape index (κ1) is 25.8. The molecule has 1 N–H and O–H groups in total. The van der Waals surface area contributed by atoms with E-state index in [1.807, 2.05) is 19.1 Å². The van der Waals surface area contributed by atoms with Crippen molar-refractivity contribution in [2.75, 3.05) is 12.4 Å². The van der Waals surface area contributed by atoms with E-state index >= 15 is 4.39 Å². The highest BCUT2D eigenvalue weighted by molar-refractivity contribution is 7.21. The maximum atomic E-state index is 15.2. The molecule has 204 valence electrons. The number of ether oxygens (including phenoxy) is 3. The van der Waals surface area contributed by atoms with E-state index in [9.17, 15) is 4.79 Å². The lowest BCUT2D eigenvalue weighted by Crippen LogP contribution is -2.32. The van der Waals surface area contributed by atoms with E-state index in [0.29, 0.717) is 51.8 Å². The average Bonchev–Trinajstić information content (AvgIpc) is 3.55. The normalized spacial score (nSPS) is 16.8. The van der Waals surface area contributed by atoms with Crippen LogP contribution in [0.4, 0.5) is 14.9 Å². The first-order valence-corrected chi connectivity index (χ1v) is 13.5. The summed E-state index contributed by atoms with van der Waals surface area (Å²) in [5.74, 6) is 0.578. The predicted octanol–water partition coefficient (Wildman–Crippen LogP) is 6.01. The maximum Gasteiger partial charge on any atom is 0.412 e. The van der Waals surface area contributed by atoms with Crippen molar-refractivity contribution >= 4 is 44.4 Å². The largest absolute Gasteiger partial charge is 0.483 e. The highest BCUT2D eigenvalue weighted by Gasteiger charge is 2.33. The molecule has 10 nitrogen and oxygen atoms in total. The Labute approximate surface area is 232 Å². The highest BCUT2D eigenvalue weighted by Crippen LogP contribution is 2.38. The average molecular weight is 561 g/mol. The summed E-state index contributed by atoms with van der Waals surface area (Å²) in [6, 6.07) is 6.94. The van der Waals surface area contributed by atoms with Crippen molar-refractivity contribution in [3.8, 4) is 22.2 Å². The number of aryl methyl sites for hydroxylation is 2. The Morgan fingerprint density at radius 1 is 1.00 bits per heavy atom. The van der Waals surface area contributed by atoms with Gasteiger partial charge in [0.1, 0.15) is 23.0 Å². The van der Waals surface area contributed by atoms with Crippen LogP contribution in [0.2, 0.25) is 0 Å². The Hall–Kier alpha value is -4.45. The first-order chi connectivity index (χ1) is 19.4. The molecule has 0 radical (unpaired) electrons. The van der Waals surface area contributed by atoms with Gasteiger partial charge in [-0.15, -0.1) is 11.3 Å². The molecule has 0 bridgehead atoms. The summed E-state index contributed by atoms with van der Waals surface area (Å²) >= 11 is 1.41. The molecule has 1 aliphatic rings. The lowest BCUT2D eigenvalue weighted by Gasteiger charge is -2.22. The zero-order chi connectivity index (χ0) is 27.8. The standard InChI is InChI=1S/C28H25FN6O4S/c1-14-7-17(26-20(8-14)34-25(37-3)13-32-26)27-35-19-9-18(29)23(10-24(19)40-27)38-21-5-4-6-22(21)39-28(36)33-16-11-30-15(2)31-12-16/h7-13,21-22H,4-6H2,1-3H3,(H,33,36)/t21-,22+/m1/s1. The van der Waals surface area contributed by atoms with E-state index in [0.717, 1.165) is 22.2 Å². The first-order valence-electron chi connectivity index (χ1n) is 12.7. The van der Waals surface area contributed by atoms with Crippen LogP contribution >= 0.6 is 11.3 Å². The van der Waals surface area contributed by atoms with Gasteiger partial charge in [-0.3, -0.25) is 5.32 Å². The van der Waals surface area contributed by atoms with Gasteiger partial charge >= 0.3 is 6.09 Å². The number of carbonyl (C=O) groups is 1. The van der Waals surface area contributed by atoms with E-state index in [2.05, 4.69) is 30.2 Å². The van der Waals surface area contributed by atoms with Crippen molar-refractivity contribution in [1.82, 2.24) is 24.9 Å². The number of aromatic nitrogens is 5. The fourth-order valence-electron chi connectivity index (χ4n) is 4.71. The van der Waals surface area contributed by atoms with Crippen LogP contribution in [0, 0.1) is 19.7 Å². The molecule has 0 unspecified atom stereocenters. The number of methoxy groups -OCH3 is 1. The SMILES string of the molecule is COc1cnc2c(-c3nc4cc(F)c(O[C@@H]5CCC[C@@H]5OC(=O)Nc5cnc(C)nc5)cc4s3)cc(C)cc2n1. The molecule has 0 spiro atoms. The molecule has 0 aliphatic heterocycles.